The highest BCUT2D eigenvalue weighted by atomic mass is 35.5. The summed E-state index contributed by atoms with van der Waals surface area (Å²) in [4.78, 5) is 12.3. The molecular weight excluding hydrogens is 246 g/mol. The molecule has 5 heteroatoms. The van der Waals surface area contributed by atoms with E-state index in [2.05, 4.69) is 5.32 Å². The summed E-state index contributed by atoms with van der Waals surface area (Å²) in [5.74, 6) is 0.558. The maximum atomic E-state index is 11.7. The van der Waals surface area contributed by atoms with Gasteiger partial charge in [-0.3, -0.25) is 4.79 Å². The summed E-state index contributed by atoms with van der Waals surface area (Å²) in [6.07, 6.45) is 1.80. The summed E-state index contributed by atoms with van der Waals surface area (Å²) in [7, 11) is 1.56. The van der Waals surface area contributed by atoms with E-state index in [1.165, 1.54) is 11.3 Å². The van der Waals surface area contributed by atoms with Gasteiger partial charge in [-0.2, -0.15) is 0 Å². The van der Waals surface area contributed by atoms with Crippen LogP contribution in [0.25, 0.3) is 0 Å². The van der Waals surface area contributed by atoms with E-state index >= 15 is 0 Å². The SMILES string of the molecule is COc1ccsc1C(=O)NCCCC(C)Cl. The molecule has 16 heavy (non-hydrogen) atoms. The number of nitrogens with one attached hydrogen (secondary N) is 1. The van der Waals surface area contributed by atoms with Crippen molar-refractivity contribution in [3.05, 3.63) is 16.3 Å². The molecule has 0 aliphatic rings. The molecule has 0 saturated heterocycles. The topological polar surface area (TPSA) is 38.3 Å². The average molecular weight is 262 g/mol. The Balaban J connectivity index is 2.35. The van der Waals surface area contributed by atoms with Crippen LogP contribution in [0.3, 0.4) is 0 Å². The van der Waals surface area contributed by atoms with Gasteiger partial charge in [0.15, 0.2) is 0 Å². The summed E-state index contributed by atoms with van der Waals surface area (Å²) < 4.78 is 5.08. The smallest absolute Gasteiger partial charge is 0.265 e. The van der Waals surface area contributed by atoms with Gasteiger partial charge in [-0.05, 0) is 31.2 Å². The van der Waals surface area contributed by atoms with Gasteiger partial charge < -0.3 is 10.1 Å². The zero-order valence-electron chi connectivity index (χ0n) is 9.46. The molecule has 1 rings (SSSR count). The summed E-state index contributed by atoms with van der Waals surface area (Å²) in [6, 6.07) is 1.79. The molecule has 1 unspecified atom stereocenters. The largest absolute Gasteiger partial charge is 0.495 e. The maximum absolute atomic E-state index is 11.7. The molecule has 1 aromatic rings. The van der Waals surface area contributed by atoms with Crippen molar-refractivity contribution in [2.75, 3.05) is 13.7 Å². The standard InChI is InChI=1S/C11H16ClNO2S/c1-8(12)4-3-6-13-11(14)10-9(15-2)5-7-16-10/h5,7-8H,3-4,6H2,1-2H3,(H,13,14). The number of carbonyl (C=O) groups excluding carboxylic acids is 1. The Bertz CT molecular complexity index is 338. The number of halogens is 1. The number of carbonyl (C=O) groups is 1. The van der Waals surface area contributed by atoms with Crippen LogP contribution in [-0.2, 0) is 0 Å². The van der Waals surface area contributed by atoms with Crippen molar-refractivity contribution in [2.24, 2.45) is 0 Å². The molecule has 0 saturated carbocycles. The second-order valence-corrected chi connectivity index (χ2v) is 5.16. The van der Waals surface area contributed by atoms with Crippen molar-refractivity contribution >= 4 is 28.8 Å². The highest BCUT2D eigenvalue weighted by molar-refractivity contribution is 7.12. The molecule has 0 fully saturated rings. The molecule has 0 aliphatic heterocycles. The number of rotatable bonds is 6. The first-order chi connectivity index (χ1) is 7.65. The molecule has 0 spiro atoms. The quantitative estimate of drug-likeness (QED) is 0.632. The third-order valence-electron chi connectivity index (χ3n) is 2.12. The van der Waals surface area contributed by atoms with Crippen molar-refractivity contribution in [2.45, 2.75) is 25.1 Å². The fourth-order valence-electron chi connectivity index (χ4n) is 1.29. The van der Waals surface area contributed by atoms with Crippen LogP contribution in [-0.4, -0.2) is 24.9 Å². The van der Waals surface area contributed by atoms with E-state index in [1.807, 2.05) is 12.3 Å². The van der Waals surface area contributed by atoms with E-state index in [0.717, 1.165) is 12.8 Å². The first-order valence-corrected chi connectivity index (χ1v) is 6.50. The lowest BCUT2D eigenvalue weighted by Crippen LogP contribution is -2.24. The third kappa shape index (κ3) is 4.02. The minimum absolute atomic E-state index is 0.0749. The van der Waals surface area contributed by atoms with Crippen LogP contribution in [0.4, 0.5) is 0 Å². The van der Waals surface area contributed by atoms with Crippen LogP contribution in [0.2, 0.25) is 0 Å². The fraction of sp³-hybridized carbons (Fsp3) is 0.545. The monoisotopic (exact) mass is 261 g/mol. The van der Waals surface area contributed by atoms with E-state index < -0.39 is 0 Å². The van der Waals surface area contributed by atoms with Gasteiger partial charge in [0.2, 0.25) is 0 Å². The Kier molecular flexibility index (Phi) is 5.63. The van der Waals surface area contributed by atoms with Crippen LogP contribution in [0.15, 0.2) is 11.4 Å². The van der Waals surface area contributed by atoms with E-state index in [-0.39, 0.29) is 11.3 Å². The first kappa shape index (κ1) is 13.3. The van der Waals surface area contributed by atoms with Gasteiger partial charge in [0.05, 0.1) is 7.11 Å². The Labute approximate surface area is 105 Å². The second-order valence-electron chi connectivity index (χ2n) is 3.50. The highest BCUT2D eigenvalue weighted by Crippen LogP contribution is 2.23. The maximum Gasteiger partial charge on any atom is 0.265 e. The Morgan fingerprint density at radius 3 is 3.06 bits per heavy atom. The van der Waals surface area contributed by atoms with Gasteiger partial charge in [-0.15, -0.1) is 22.9 Å². The summed E-state index contributed by atoms with van der Waals surface area (Å²) in [5.41, 5.74) is 0. The van der Waals surface area contributed by atoms with Crippen LogP contribution >= 0.6 is 22.9 Å². The number of hydrogen-bond donors (Lipinski definition) is 1. The van der Waals surface area contributed by atoms with Crippen molar-refractivity contribution in [1.82, 2.24) is 5.32 Å². The fourth-order valence-corrected chi connectivity index (χ4v) is 2.22. The summed E-state index contributed by atoms with van der Waals surface area (Å²) in [6.45, 7) is 2.60. The molecule has 1 aromatic heterocycles. The van der Waals surface area contributed by atoms with Crippen molar-refractivity contribution in [3.8, 4) is 5.75 Å². The Morgan fingerprint density at radius 2 is 2.44 bits per heavy atom. The molecular formula is C11H16ClNO2S. The Hall–Kier alpha value is -0.740. The highest BCUT2D eigenvalue weighted by Gasteiger charge is 2.12. The number of ether oxygens (including phenoxy) is 1. The van der Waals surface area contributed by atoms with E-state index in [0.29, 0.717) is 17.2 Å². The zero-order valence-corrected chi connectivity index (χ0v) is 11.0. The molecule has 90 valence electrons. The summed E-state index contributed by atoms with van der Waals surface area (Å²) in [5, 5.41) is 4.85. The lowest BCUT2D eigenvalue weighted by Gasteiger charge is -2.06. The lowest BCUT2D eigenvalue weighted by atomic mass is 10.2. The Morgan fingerprint density at radius 1 is 1.69 bits per heavy atom. The molecule has 0 bridgehead atoms. The van der Waals surface area contributed by atoms with Crippen LogP contribution in [0.1, 0.15) is 29.4 Å². The number of amides is 1. The molecule has 3 nitrogen and oxygen atoms in total. The first-order valence-electron chi connectivity index (χ1n) is 5.19. The van der Waals surface area contributed by atoms with Crippen LogP contribution < -0.4 is 10.1 Å². The number of hydrogen-bond acceptors (Lipinski definition) is 3. The molecule has 1 heterocycles. The minimum Gasteiger partial charge on any atom is -0.495 e. The third-order valence-corrected chi connectivity index (χ3v) is 3.23. The molecule has 0 radical (unpaired) electrons. The van der Waals surface area contributed by atoms with Gasteiger partial charge in [0, 0.05) is 11.9 Å². The van der Waals surface area contributed by atoms with Crippen LogP contribution in [0.5, 0.6) is 5.75 Å². The minimum atomic E-state index is -0.0749. The number of methoxy groups -OCH3 is 1. The predicted molar refractivity (Wildman–Crippen MR) is 67.8 cm³/mol. The van der Waals surface area contributed by atoms with Crippen molar-refractivity contribution in [1.29, 1.82) is 0 Å². The lowest BCUT2D eigenvalue weighted by molar-refractivity contribution is 0.0954. The molecule has 0 aliphatic carbocycles. The second kappa shape index (κ2) is 6.76. The predicted octanol–water partition coefficient (Wildman–Crippen LogP) is 2.89. The van der Waals surface area contributed by atoms with Crippen molar-refractivity contribution < 1.29 is 9.53 Å². The van der Waals surface area contributed by atoms with E-state index in [1.54, 1.807) is 13.2 Å². The molecule has 0 aromatic carbocycles. The number of alkyl halides is 1. The van der Waals surface area contributed by atoms with Gasteiger partial charge in [0.1, 0.15) is 10.6 Å². The van der Waals surface area contributed by atoms with Gasteiger partial charge in [0.25, 0.3) is 5.91 Å². The van der Waals surface area contributed by atoms with Gasteiger partial charge in [-0.1, -0.05) is 0 Å². The zero-order chi connectivity index (χ0) is 12.0. The molecule has 1 N–H and O–H groups in total. The van der Waals surface area contributed by atoms with Crippen molar-refractivity contribution in [3.63, 3.8) is 0 Å². The van der Waals surface area contributed by atoms with Crippen LogP contribution in [0, 0.1) is 0 Å². The molecule has 1 atom stereocenters. The van der Waals surface area contributed by atoms with E-state index in [4.69, 9.17) is 16.3 Å². The van der Waals surface area contributed by atoms with Gasteiger partial charge >= 0.3 is 0 Å². The molecule has 1 amide bonds. The normalized spacial score (nSPS) is 12.2. The summed E-state index contributed by atoms with van der Waals surface area (Å²) >= 11 is 7.19. The number of thiophene rings is 1. The van der Waals surface area contributed by atoms with Gasteiger partial charge in [-0.25, -0.2) is 0 Å². The average Bonchev–Trinajstić information content (AvgIpc) is 2.71. The van der Waals surface area contributed by atoms with E-state index in [9.17, 15) is 4.79 Å².